The van der Waals surface area contributed by atoms with Crippen molar-refractivity contribution in [3.05, 3.63) is 34.9 Å². The van der Waals surface area contributed by atoms with Crippen LogP contribution >= 0.6 is 0 Å². The predicted octanol–water partition coefficient (Wildman–Crippen LogP) is 2.33. The molecular formula is C11H15N. The van der Waals surface area contributed by atoms with E-state index in [-0.39, 0.29) is 0 Å². The van der Waals surface area contributed by atoms with Crippen LogP contribution < -0.4 is 5.73 Å². The lowest BCUT2D eigenvalue weighted by Gasteiger charge is -2.08. The first-order chi connectivity index (χ1) is 5.83. The Labute approximate surface area is 73.6 Å². The second-order valence-electron chi connectivity index (χ2n) is 3.61. The van der Waals surface area contributed by atoms with E-state index in [4.69, 9.17) is 5.73 Å². The third kappa shape index (κ3) is 1.25. The molecule has 0 bridgehead atoms. The van der Waals surface area contributed by atoms with E-state index in [1.807, 2.05) is 0 Å². The summed E-state index contributed by atoms with van der Waals surface area (Å²) < 4.78 is 0. The van der Waals surface area contributed by atoms with Gasteiger partial charge in [-0.2, -0.15) is 0 Å². The van der Waals surface area contributed by atoms with E-state index in [0.29, 0.717) is 6.54 Å². The fourth-order valence-electron chi connectivity index (χ4n) is 1.76. The molecule has 1 saturated carbocycles. The van der Waals surface area contributed by atoms with Crippen LogP contribution in [0.3, 0.4) is 0 Å². The van der Waals surface area contributed by atoms with Crippen molar-refractivity contribution in [3.63, 3.8) is 0 Å². The standard InChI is InChI=1S/C11H15N/c1-8-10(7-12)3-2-4-11(8)9-5-6-9/h2-4,9H,5-7,12H2,1H3. The van der Waals surface area contributed by atoms with Gasteiger partial charge >= 0.3 is 0 Å². The van der Waals surface area contributed by atoms with Crippen molar-refractivity contribution in [3.8, 4) is 0 Å². The van der Waals surface area contributed by atoms with Crippen LogP contribution in [0.5, 0.6) is 0 Å². The zero-order valence-electron chi connectivity index (χ0n) is 7.51. The molecule has 0 unspecified atom stereocenters. The normalized spacial score (nSPS) is 16.5. The predicted molar refractivity (Wildman–Crippen MR) is 51.0 cm³/mol. The first-order valence-electron chi connectivity index (χ1n) is 4.61. The molecule has 2 rings (SSSR count). The van der Waals surface area contributed by atoms with Gasteiger partial charge in [-0.25, -0.2) is 0 Å². The molecular weight excluding hydrogens is 146 g/mol. The first kappa shape index (κ1) is 7.81. The molecule has 2 N–H and O–H groups in total. The number of hydrogen-bond donors (Lipinski definition) is 1. The van der Waals surface area contributed by atoms with Crippen molar-refractivity contribution in [2.24, 2.45) is 5.73 Å². The molecule has 1 fully saturated rings. The minimum atomic E-state index is 0.673. The molecule has 1 aromatic rings. The summed E-state index contributed by atoms with van der Waals surface area (Å²) in [7, 11) is 0. The highest BCUT2D eigenvalue weighted by Crippen LogP contribution is 2.41. The molecule has 12 heavy (non-hydrogen) atoms. The average Bonchev–Trinajstić information content (AvgIpc) is 2.88. The third-order valence-electron chi connectivity index (χ3n) is 2.72. The summed E-state index contributed by atoms with van der Waals surface area (Å²) in [6, 6.07) is 6.50. The molecule has 1 aromatic carbocycles. The number of rotatable bonds is 2. The molecule has 0 saturated heterocycles. The van der Waals surface area contributed by atoms with E-state index in [1.165, 1.54) is 29.5 Å². The Morgan fingerprint density at radius 3 is 2.75 bits per heavy atom. The zero-order chi connectivity index (χ0) is 8.55. The van der Waals surface area contributed by atoms with E-state index in [2.05, 4.69) is 25.1 Å². The van der Waals surface area contributed by atoms with Gasteiger partial charge in [0, 0.05) is 6.54 Å². The highest BCUT2D eigenvalue weighted by atomic mass is 14.5. The lowest BCUT2D eigenvalue weighted by Crippen LogP contribution is -2.00. The number of benzene rings is 1. The summed E-state index contributed by atoms with van der Waals surface area (Å²) in [4.78, 5) is 0. The fraction of sp³-hybridized carbons (Fsp3) is 0.455. The molecule has 0 heterocycles. The SMILES string of the molecule is Cc1c(CN)cccc1C1CC1. The molecule has 0 radical (unpaired) electrons. The largest absolute Gasteiger partial charge is 0.326 e. The molecule has 1 nitrogen and oxygen atoms in total. The summed E-state index contributed by atoms with van der Waals surface area (Å²) >= 11 is 0. The topological polar surface area (TPSA) is 26.0 Å². The Morgan fingerprint density at radius 2 is 2.17 bits per heavy atom. The summed E-state index contributed by atoms with van der Waals surface area (Å²) in [6.45, 7) is 2.86. The summed E-state index contributed by atoms with van der Waals surface area (Å²) in [5.41, 5.74) is 9.89. The van der Waals surface area contributed by atoms with Crippen molar-refractivity contribution in [1.29, 1.82) is 0 Å². The van der Waals surface area contributed by atoms with Gasteiger partial charge in [-0.05, 0) is 42.4 Å². The van der Waals surface area contributed by atoms with Crippen LogP contribution in [0.25, 0.3) is 0 Å². The van der Waals surface area contributed by atoms with Crippen molar-refractivity contribution >= 4 is 0 Å². The molecule has 0 aliphatic heterocycles. The third-order valence-corrected chi connectivity index (χ3v) is 2.72. The van der Waals surface area contributed by atoms with Gasteiger partial charge in [0.15, 0.2) is 0 Å². The smallest absolute Gasteiger partial charge is 0.0180 e. The van der Waals surface area contributed by atoms with Crippen molar-refractivity contribution in [2.45, 2.75) is 32.2 Å². The van der Waals surface area contributed by atoms with Crippen LogP contribution in [0.2, 0.25) is 0 Å². The maximum Gasteiger partial charge on any atom is 0.0180 e. The van der Waals surface area contributed by atoms with Gasteiger partial charge in [0.25, 0.3) is 0 Å². The van der Waals surface area contributed by atoms with Crippen LogP contribution in [0.1, 0.15) is 35.4 Å². The Kier molecular flexibility index (Phi) is 1.89. The van der Waals surface area contributed by atoms with Crippen molar-refractivity contribution in [1.82, 2.24) is 0 Å². The van der Waals surface area contributed by atoms with Crippen LogP contribution in [-0.2, 0) is 6.54 Å². The fourth-order valence-corrected chi connectivity index (χ4v) is 1.76. The van der Waals surface area contributed by atoms with Crippen molar-refractivity contribution < 1.29 is 0 Å². The zero-order valence-corrected chi connectivity index (χ0v) is 7.51. The Balaban J connectivity index is 2.40. The summed E-state index contributed by atoms with van der Waals surface area (Å²) in [5.74, 6) is 0.844. The van der Waals surface area contributed by atoms with Crippen LogP contribution in [-0.4, -0.2) is 0 Å². The van der Waals surface area contributed by atoms with E-state index < -0.39 is 0 Å². The monoisotopic (exact) mass is 161 g/mol. The van der Waals surface area contributed by atoms with Crippen molar-refractivity contribution in [2.75, 3.05) is 0 Å². The lowest BCUT2D eigenvalue weighted by molar-refractivity contribution is 1.01. The minimum Gasteiger partial charge on any atom is -0.326 e. The summed E-state index contributed by atoms with van der Waals surface area (Å²) in [6.07, 6.45) is 2.74. The Hall–Kier alpha value is -0.820. The quantitative estimate of drug-likeness (QED) is 0.707. The van der Waals surface area contributed by atoms with E-state index in [9.17, 15) is 0 Å². The van der Waals surface area contributed by atoms with Crippen LogP contribution in [0.4, 0.5) is 0 Å². The lowest BCUT2D eigenvalue weighted by atomic mass is 9.99. The molecule has 1 aliphatic carbocycles. The molecule has 0 aromatic heterocycles. The van der Waals surface area contributed by atoms with Gasteiger partial charge < -0.3 is 5.73 Å². The van der Waals surface area contributed by atoms with Crippen LogP contribution in [0, 0.1) is 6.92 Å². The Morgan fingerprint density at radius 1 is 1.42 bits per heavy atom. The number of nitrogens with two attached hydrogens (primary N) is 1. The summed E-state index contributed by atoms with van der Waals surface area (Å²) in [5, 5.41) is 0. The van der Waals surface area contributed by atoms with Gasteiger partial charge in [-0.1, -0.05) is 18.2 Å². The molecule has 1 heteroatoms. The number of hydrogen-bond acceptors (Lipinski definition) is 1. The van der Waals surface area contributed by atoms with Gasteiger partial charge in [0.2, 0.25) is 0 Å². The van der Waals surface area contributed by atoms with Gasteiger partial charge in [0.1, 0.15) is 0 Å². The minimum absolute atomic E-state index is 0.673. The molecule has 1 aliphatic rings. The van der Waals surface area contributed by atoms with E-state index in [1.54, 1.807) is 0 Å². The van der Waals surface area contributed by atoms with E-state index in [0.717, 1.165) is 5.92 Å². The molecule has 64 valence electrons. The molecule has 0 atom stereocenters. The van der Waals surface area contributed by atoms with E-state index >= 15 is 0 Å². The first-order valence-corrected chi connectivity index (χ1v) is 4.61. The maximum absolute atomic E-state index is 5.64. The van der Waals surface area contributed by atoms with Gasteiger partial charge in [-0.3, -0.25) is 0 Å². The highest BCUT2D eigenvalue weighted by Gasteiger charge is 2.25. The molecule has 0 amide bonds. The molecule has 0 spiro atoms. The van der Waals surface area contributed by atoms with Gasteiger partial charge in [0.05, 0.1) is 0 Å². The maximum atomic E-state index is 5.64. The second kappa shape index (κ2) is 2.91. The highest BCUT2D eigenvalue weighted by molar-refractivity contribution is 5.38. The van der Waals surface area contributed by atoms with Gasteiger partial charge in [-0.15, -0.1) is 0 Å². The van der Waals surface area contributed by atoms with Crippen LogP contribution in [0.15, 0.2) is 18.2 Å². The second-order valence-corrected chi connectivity index (χ2v) is 3.61. The Bertz CT molecular complexity index is 287. The average molecular weight is 161 g/mol.